The predicted molar refractivity (Wildman–Crippen MR) is 80.6 cm³/mol. The van der Waals surface area contributed by atoms with Gasteiger partial charge in [-0.1, -0.05) is 19.9 Å². The average molecular weight is 279 g/mol. The largest absolute Gasteiger partial charge is 0.389 e. The fourth-order valence-corrected chi connectivity index (χ4v) is 2.07. The number of hydrogen-bond acceptors (Lipinski definition) is 4. The first-order valence-corrected chi connectivity index (χ1v) is 7.03. The van der Waals surface area contributed by atoms with Crippen molar-refractivity contribution in [3.63, 3.8) is 0 Å². The molecule has 0 aromatic carbocycles. The molecule has 1 aromatic rings. The van der Waals surface area contributed by atoms with Crippen molar-refractivity contribution in [1.82, 2.24) is 9.88 Å². The van der Waals surface area contributed by atoms with Gasteiger partial charge in [0.2, 0.25) is 5.91 Å². The molecule has 112 valence electrons. The molecule has 0 radical (unpaired) electrons. The Kier molecular flexibility index (Phi) is 6.10. The Hall–Kier alpha value is -1.46. The van der Waals surface area contributed by atoms with Crippen LogP contribution in [0.4, 0.5) is 5.82 Å². The van der Waals surface area contributed by atoms with Crippen molar-refractivity contribution in [1.29, 1.82) is 0 Å². The van der Waals surface area contributed by atoms with E-state index in [9.17, 15) is 9.90 Å². The standard InChI is InChI=1S/C15H25N3O2/c1-5-15(20,6-2)11-18(4)10-14(19)17-13-9-7-8-12(3)16-13/h7-9,20H,5-6,10-11H2,1-4H3,(H,16,17,19). The Morgan fingerprint density at radius 1 is 1.40 bits per heavy atom. The van der Waals surface area contributed by atoms with Crippen LogP contribution in [0.3, 0.4) is 0 Å². The summed E-state index contributed by atoms with van der Waals surface area (Å²) in [6.45, 7) is 6.50. The number of carbonyl (C=O) groups excluding carboxylic acids is 1. The summed E-state index contributed by atoms with van der Waals surface area (Å²) < 4.78 is 0. The van der Waals surface area contributed by atoms with E-state index >= 15 is 0 Å². The van der Waals surface area contributed by atoms with Gasteiger partial charge in [0.25, 0.3) is 0 Å². The maximum Gasteiger partial charge on any atom is 0.239 e. The normalized spacial score (nSPS) is 11.7. The maximum absolute atomic E-state index is 11.9. The van der Waals surface area contributed by atoms with E-state index < -0.39 is 5.60 Å². The molecule has 1 rings (SSSR count). The molecule has 1 amide bonds. The minimum absolute atomic E-state index is 0.125. The molecule has 20 heavy (non-hydrogen) atoms. The second-order valence-corrected chi connectivity index (χ2v) is 5.32. The highest BCUT2D eigenvalue weighted by Crippen LogP contribution is 2.15. The minimum atomic E-state index is -0.726. The SMILES string of the molecule is CCC(O)(CC)CN(C)CC(=O)Nc1cccc(C)n1. The van der Waals surface area contributed by atoms with E-state index in [1.165, 1.54) is 0 Å². The maximum atomic E-state index is 11.9. The molecule has 0 bridgehead atoms. The number of amides is 1. The quantitative estimate of drug-likeness (QED) is 0.799. The molecule has 1 aromatic heterocycles. The highest BCUT2D eigenvalue weighted by molar-refractivity contribution is 5.91. The van der Waals surface area contributed by atoms with E-state index in [1.807, 2.05) is 44.9 Å². The number of likely N-dealkylation sites (N-methyl/N-ethyl adjacent to an activating group) is 1. The highest BCUT2D eigenvalue weighted by atomic mass is 16.3. The third kappa shape index (κ3) is 5.27. The Morgan fingerprint density at radius 3 is 2.60 bits per heavy atom. The zero-order valence-electron chi connectivity index (χ0n) is 12.8. The molecule has 5 nitrogen and oxygen atoms in total. The van der Waals surface area contributed by atoms with Gasteiger partial charge < -0.3 is 10.4 Å². The van der Waals surface area contributed by atoms with Crippen molar-refractivity contribution in [2.24, 2.45) is 0 Å². The molecule has 1 heterocycles. The number of nitrogens with zero attached hydrogens (tertiary/aromatic N) is 2. The van der Waals surface area contributed by atoms with E-state index in [-0.39, 0.29) is 12.5 Å². The Balaban J connectivity index is 2.50. The van der Waals surface area contributed by atoms with Gasteiger partial charge in [0.1, 0.15) is 5.82 Å². The van der Waals surface area contributed by atoms with Gasteiger partial charge in [-0.25, -0.2) is 4.98 Å². The first-order valence-electron chi connectivity index (χ1n) is 7.03. The summed E-state index contributed by atoms with van der Waals surface area (Å²) >= 11 is 0. The van der Waals surface area contributed by atoms with Crippen molar-refractivity contribution in [3.8, 4) is 0 Å². The lowest BCUT2D eigenvalue weighted by Crippen LogP contribution is -2.43. The molecule has 0 unspecified atom stereocenters. The van der Waals surface area contributed by atoms with Gasteiger partial charge in [-0.15, -0.1) is 0 Å². The van der Waals surface area contributed by atoms with Crippen LogP contribution >= 0.6 is 0 Å². The van der Waals surface area contributed by atoms with Crippen molar-refractivity contribution < 1.29 is 9.90 Å². The second-order valence-electron chi connectivity index (χ2n) is 5.32. The lowest BCUT2D eigenvalue weighted by atomic mass is 9.97. The summed E-state index contributed by atoms with van der Waals surface area (Å²) in [5.74, 6) is 0.435. The molecule has 0 spiro atoms. The summed E-state index contributed by atoms with van der Waals surface area (Å²) in [7, 11) is 1.83. The van der Waals surface area contributed by atoms with Crippen LogP contribution < -0.4 is 5.32 Å². The van der Waals surface area contributed by atoms with Gasteiger partial charge in [0.15, 0.2) is 0 Å². The first kappa shape index (κ1) is 16.6. The van der Waals surface area contributed by atoms with Gasteiger partial charge >= 0.3 is 0 Å². The topological polar surface area (TPSA) is 65.5 Å². The number of nitrogens with one attached hydrogen (secondary N) is 1. The lowest BCUT2D eigenvalue weighted by molar-refractivity contribution is -0.117. The van der Waals surface area contributed by atoms with Gasteiger partial charge in [0.05, 0.1) is 12.1 Å². The monoisotopic (exact) mass is 279 g/mol. The molecular weight excluding hydrogens is 254 g/mol. The third-order valence-corrected chi connectivity index (χ3v) is 3.45. The average Bonchev–Trinajstić information content (AvgIpc) is 2.38. The van der Waals surface area contributed by atoms with Crippen molar-refractivity contribution in [2.75, 3.05) is 25.5 Å². The molecule has 0 saturated carbocycles. The predicted octanol–water partition coefficient (Wildman–Crippen LogP) is 1.81. The number of carbonyl (C=O) groups is 1. The van der Waals surface area contributed by atoms with Crippen LogP contribution in [0.25, 0.3) is 0 Å². The summed E-state index contributed by atoms with van der Waals surface area (Å²) in [6.07, 6.45) is 1.35. The minimum Gasteiger partial charge on any atom is -0.389 e. The van der Waals surface area contributed by atoms with Crippen LogP contribution in [0.5, 0.6) is 0 Å². The van der Waals surface area contributed by atoms with Gasteiger partial charge in [0, 0.05) is 12.2 Å². The van der Waals surface area contributed by atoms with Gasteiger partial charge in [-0.05, 0) is 38.9 Å². The number of aliphatic hydroxyl groups is 1. The molecule has 0 aliphatic rings. The zero-order valence-corrected chi connectivity index (χ0v) is 12.8. The van der Waals surface area contributed by atoms with E-state index in [0.717, 1.165) is 5.69 Å². The summed E-state index contributed by atoms with van der Waals surface area (Å²) in [6, 6.07) is 5.50. The number of rotatable bonds is 7. The third-order valence-electron chi connectivity index (χ3n) is 3.45. The van der Waals surface area contributed by atoms with Crippen molar-refractivity contribution in [3.05, 3.63) is 23.9 Å². The number of hydrogen-bond donors (Lipinski definition) is 2. The lowest BCUT2D eigenvalue weighted by Gasteiger charge is -2.30. The molecule has 2 N–H and O–H groups in total. The molecule has 0 saturated heterocycles. The van der Waals surface area contributed by atoms with Crippen LogP contribution in [0.15, 0.2) is 18.2 Å². The number of aromatic nitrogens is 1. The van der Waals surface area contributed by atoms with E-state index in [1.54, 1.807) is 6.07 Å². The number of aryl methyl sites for hydroxylation is 1. The molecule has 0 atom stereocenters. The highest BCUT2D eigenvalue weighted by Gasteiger charge is 2.24. The van der Waals surface area contributed by atoms with E-state index in [0.29, 0.717) is 25.2 Å². The fraction of sp³-hybridized carbons (Fsp3) is 0.600. The molecular formula is C15H25N3O2. The van der Waals surface area contributed by atoms with E-state index in [4.69, 9.17) is 0 Å². The summed E-state index contributed by atoms with van der Waals surface area (Å²) in [5.41, 5.74) is 0.138. The molecule has 0 aliphatic carbocycles. The van der Waals surface area contributed by atoms with Crippen molar-refractivity contribution in [2.45, 2.75) is 39.2 Å². The van der Waals surface area contributed by atoms with Crippen LogP contribution in [0.2, 0.25) is 0 Å². The van der Waals surface area contributed by atoms with E-state index in [2.05, 4.69) is 10.3 Å². The van der Waals surface area contributed by atoms with Crippen LogP contribution in [0.1, 0.15) is 32.4 Å². The summed E-state index contributed by atoms with van der Waals surface area (Å²) in [4.78, 5) is 18.0. The Morgan fingerprint density at radius 2 is 2.05 bits per heavy atom. The Bertz CT molecular complexity index is 444. The summed E-state index contributed by atoms with van der Waals surface area (Å²) in [5, 5.41) is 13.0. The van der Waals surface area contributed by atoms with Gasteiger partial charge in [-0.2, -0.15) is 0 Å². The number of anilines is 1. The fourth-order valence-electron chi connectivity index (χ4n) is 2.07. The second kappa shape index (κ2) is 7.36. The first-order chi connectivity index (χ1) is 9.38. The molecule has 0 fully saturated rings. The van der Waals surface area contributed by atoms with Crippen LogP contribution in [-0.4, -0.2) is 46.6 Å². The van der Waals surface area contributed by atoms with Crippen LogP contribution in [-0.2, 0) is 4.79 Å². The number of pyridine rings is 1. The molecule has 5 heteroatoms. The van der Waals surface area contributed by atoms with Crippen LogP contribution in [0, 0.1) is 6.92 Å². The Labute approximate surface area is 121 Å². The smallest absolute Gasteiger partial charge is 0.239 e. The van der Waals surface area contributed by atoms with Gasteiger partial charge in [-0.3, -0.25) is 9.69 Å². The zero-order chi connectivity index (χ0) is 15.2. The molecule has 0 aliphatic heterocycles. The van der Waals surface area contributed by atoms with Crippen molar-refractivity contribution >= 4 is 11.7 Å².